The van der Waals surface area contributed by atoms with Gasteiger partial charge in [0.25, 0.3) is 0 Å². The van der Waals surface area contributed by atoms with Gasteiger partial charge in [-0.25, -0.2) is 4.39 Å². The fraction of sp³-hybridized carbons (Fsp3) is 0.111. The molecule has 0 unspecified atom stereocenters. The summed E-state index contributed by atoms with van der Waals surface area (Å²) < 4.78 is 52.2. The molecule has 16 heavy (non-hydrogen) atoms. The first kappa shape index (κ1) is 12.7. The van der Waals surface area contributed by atoms with Crippen LogP contribution in [0.3, 0.4) is 0 Å². The van der Waals surface area contributed by atoms with Crippen molar-refractivity contribution in [2.75, 3.05) is 0 Å². The van der Waals surface area contributed by atoms with Crippen LogP contribution in [0.15, 0.2) is 23.6 Å². The van der Waals surface area contributed by atoms with E-state index in [0.29, 0.717) is 6.07 Å². The summed E-state index contributed by atoms with van der Waals surface area (Å²) in [7, 11) is 0. The number of ether oxygens (including phenoxy) is 1. The van der Waals surface area contributed by atoms with E-state index in [1.807, 2.05) is 0 Å². The normalized spacial score (nSPS) is 12.7. The summed E-state index contributed by atoms with van der Waals surface area (Å²) in [5.74, 6) is -1.55. The molecule has 0 aromatic heterocycles. The van der Waals surface area contributed by atoms with Crippen LogP contribution in [0.2, 0.25) is 0 Å². The zero-order chi connectivity index (χ0) is 12.3. The Morgan fingerprint density at radius 2 is 2.00 bits per heavy atom. The number of hydrogen-bond acceptors (Lipinski definition) is 3. The fourth-order valence-electron chi connectivity index (χ4n) is 0.997. The van der Waals surface area contributed by atoms with E-state index >= 15 is 0 Å². The highest BCUT2D eigenvalue weighted by molar-refractivity contribution is 7.83. The van der Waals surface area contributed by atoms with Crippen LogP contribution in [0.1, 0.15) is 5.56 Å². The van der Waals surface area contributed by atoms with Gasteiger partial charge in [-0.2, -0.15) is 0 Å². The Kier molecular flexibility index (Phi) is 3.69. The van der Waals surface area contributed by atoms with Crippen LogP contribution in [0, 0.1) is 5.82 Å². The van der Waals surface area contributed by atoms with Gasteiger partial charge in [-0.05, 0) is 17.5 Å². The lowest BCUT2D eigenvalue weighted by Crippen LogP contribution is -2.17. The van der Waals surface area contributed by atoms with E-state index in [9.17, 15) is 17.6 Å². The molecule has 0 saturated heterocycles. The third kappa shape index (κ3) is 3.34. The van der Waals surface area contributed by atoms with Crippen LogP contribution >= 0.6 is 12.6 Å². The van der Waals surface area contributed by atoms with Crippen molar-refractivity contribution in [1.29, 1.82) is 0 Å². The molecule has 2 nitrogen and oxygen atoms in total. The van der Waals surface area contributed by atoms with Gasteiger partial charge >= 0.3 is 6.36 Å². The number of nitrogens with two attached hydrogens (primary N) is 1. The number of thiol groups is 1. The zero-order valence-electron chi connectivity index (χ0n) is 7.75. The van der Waals surface area contributed by atoms with Crippen molar-refractivity contribution in [2.24, 2.45) is 5.73 Å². The Hall–Kier alpha value is -1.37. The van der Waals surface area contributed by atoms with Crippen LogP contribution in [0.5, 0.6) is 5.75 Å². The van der Waals surface area contributed by atoms with Crippen LogP contribution < -0.4 is 10.5 Å². The molecule has 0 aliphatic heterocycles. The highest BCUT2D eigenvalue weighted by atomic mass is 32.1. The highest BCUT2D eigenvalue weighted by Gasteiger charge is 2.31. The molecule has 1 aromatic carbocycles. The molecule has 1 aromatic rings. The van der Waals surface area contributed by atoms with Crippen molar-refractivity contribution < 1.29 is 22.3 Å². The molecule has 1 rings (SSSR count). The molecule has 0 fully saturated rings. The summed E-state index contributed by atoms with van der Waals surface area (Å²) in [6, 6.07) is 2.65. The molecular weight excluding hydrogens is 246 g/mol. The summed E-state index contributed by atoms with van der Waals surface area (Å²) in [5.41, 5.74) is 5.33. The monoisotopic (exact) mass is 253 g/mol. The molecule has 0 spiro atoms. The van der Waals surface area contributed by atoms with Crippen LogP contribution in [0.4, 0.5) is 17.6 Å². The van der Waals surface area contributed by atoms with Gasteiger partial charge < -0.3 is 10.5 Å². The van der Waals surface area contributed by atoms with Gasteiger partial charge in [-0.1, -0.05) is 0 Å². The second kappa shape index (κ2) is 4.65. The second-order valence-corrected chi connectivity index (χ2v) is 3.03. The van der Waals surface area contributed by atoms with Gasteiger partial charge in [0.15, 0.2) is 0 Å². The maximum atomic E-state index is 13.3. The number of benzene rings is 1. The predicted molar refractivity (Wildman–Crippen MR) is 54.2 cm³/mol. The van der Waals surface area contributed by atoms with Gasteiger partial charge in [0.1, 0.15) is 11.6 Å². The van der Waals surface area contributed by atoms with Gasteiger partial charge in [-0.15, -0.1) is 25.8 Å². The third-order valence-corrected chi connectivity index (χ3v) is 1.90. The molecule has 0 atom stereocenters. The lowest BCUT2D eigenvalue weighted by atomic mass is 10.1. The summed E-state index contributed by atoms with van der Waals surface area (Å²) in [5, 5.41) is 1.14. The molecule has 7 heteroatoms. The number of rotatable bonds is 2. The van der Waals surface area contributed by atoms with Crippen molar-refractivity contribution in [3.8, 4) is 5.75 Å². The Balaban J connectivity index is 3.00. The van der Waals surface area contributed by atoms with E-state index < -0.39 is 17.9 Å². The van der Waals surface area contributed by atoms with E-state index in [-0.39, 0.29) is 11.3 Å². The summed E-state index contributed by atoms with van der Waals surface area (Å²) >= 11 is 3.70. The van der Waals surface area contributed by atoms with Crippen molar-refractivity contribution in [1.82, 2.24) is 0 Å². The third-order valence-electron chi connectivity index (χ3n) is 1.62. The standard InChI is InChI=1S/C9H7F4NOS/c10-7-3-5(15-9(11,12)13)1-2-6(7)8(14)4-16/h1-4,16H,14H2/b8-4-. The largest absolute Gasteiger partial charge is 0.573 e. The van der Waals surface area contributed by atoms with Gasteiger partial charge in [-0.3, -0.25) is 0 Å². The topological polar surface area (TPSA) is 35.2 Å². The lowest BCUT2D eigenvalue weighted by Gasteiger charge is -2.10. The van der Waals surface area contributed by atoms with E-state index in [1.165, 1.54) is 0 Å². The number of hydrogen-bond donors (Lipinski definition) is 2. The van der Waals surface area contributed by atoms with Crippen LogP contribution in [-0.4, -0.2) is 6.36 Å². The van der Waals surface area contributed by atoms with Crippen molar-refractivity contribution in [2.45, 2.75) is 6.36 Å². The smallest absolute Gasteiger partial charge is 0.406 e. The fourth-order valence-corrected chi connectivity index (χ4v) is 1.14. The predicted octanol–water partition coefficient (Wildman–Crippen LogP) is 2.91. The van der Waals surface area contributed by atoms with Crippen molar-refractivity contribution in [3.63, 3.8) is 0 Å². The summed E-state index contributed by atoms with van der Waals surface area (Å²) in [4.78, 5) is 0. The average molecular weight is 253 g/mol. The molecule has 0 radical (unpaired) electrons. The first-order valence-electron chi connectivity index (χ1n) is 3.99. The SMILES string of the molecule is N/C(=C\S)c1ccc(OC(F)(F)F)cc1F. The first-order chi connectivity index (χ1) is 7.33. The molecular formula is C9H7F4NOS. The Morgan fingerprint density at radius 1 is 1.38 bits per heavy atom. The Bertz CT molecular complexity index is 416. The average Bonchev–Trinajstić information content (AvgIpc) is 2.14. The Morgan fingerprint density at radius 3 is 2.44 bits per heavy atom. The molecule has 0 aliphatic carbocycles. The minimum Gasteiger partial charge on any atom is -0.406 e. The van der Waals surface area contributed by atoms with Crippen molar-refractivity contribution >= 4 is 18.3 Å². The van der Waals surface area contributed by atoms with E-state index in [0.717, 1.165) is 17.5 Å². The Labute approximate surface area is 94.1 Å². The zero-order valence-corrected chi connectivity index (χ0v) is 8.65. The first-order valence-corrected chi connectivity index (χ1v) is 4.50. The number of alkyl halides is 3. The second-order valence-electron chi connectivity index (χ2n) is 2.77. The quantitative estimate of drug-likeness (QED) is 0.628. The maximum absolute atomic E-state index is 13.3. The lowest BCUT2D eigenvalue weighted by molar-refractivity contribution is -0.274. The van der Waals surface area contributed by atoms with E-state index in [1.54, 1.807) is 0 Å². The van der Waals surface area contributed by atoms with Gasteiger partial charge in [0.05, 0.1) is 0 Å². The molecule has 0 heterocycles. The molecule has 88 valence electrons. The van der Waals surface area contributed by atoms with E-state index in [4.69, 9.17) is 5.73 Å². The minimum absolute atomic E-state index is 0.0133. The van der Waals surface area contributed by atoms with Gasteiger partial charge in [0, 0.05) is 17.3 Å². The summed E-state index contributed by atoms with van der Waals surface area (Å²) in [6.07, 6.45) is -4.85. The molecule has 0 bridgehead atoms. The molecule has 2 N–H and O–H groups in total. The van der Waals surface area contributed by atoms with Crippen LogP contribution in [-0.2, 0) is 0 Å². The molecule has 0 aliphatic rings. The van der Waals surface area contributed by atoms with E-state index in [2.05, 4.69) is 17.4 Å². The van der Waals surface area contributed by atoms with Gasteiger partial charge in [0.2, 0.25) is 0 Å². The maximum Gasteiger partial charge on any atom is 0.573 e. The van der Waals surface area contributed by atoms with Crippen LogP contribution in [0.25, 0.3) is 5.70 Å². The minimum atomic E-state index is -4.85. The summed E-state index contributed by atoms with van der Waals surface area (Å²) in [6.45, 7) is 0. The number of halogens is 4. The highest BCUT2D eigenvalue weighted by Crippen LogP contribution is 2.26. The molecule has 0 amide bonds. The molecule has 0 saturated carbocycles. The van der Waals surface area contributed by atoms with Crippen molar-refractivity contribution in [3.05, 3.63) is 35.0 Å².